The number of nitrogens with zero attached hydrogens (tertiary/aromatic N) is 1. The molecule has 2 rings (SSSR count). The smallest absolute Gasteiger partial charge is 0.253 e. The number of carbonyl (C=O) groups excluding carboxylic acids is 1. The molecule has 2 heterocycles. The van der Waals surface area contributed by atoms with Crippen LogP contribution in [0.15, 0.2) is 16.3 Å². The molecule has 1 atom stereocenters. The molecular weight excluding hydrogens is 300 g/mol. The second-order valence-corrected chi connectivity index (χ2v) is 8.06. The first-order valence-corrected chi connectivity index (χ1v) is 8.69. The van der Waals surface area contributed by atoms with Crippen molar-refractivity contribution in [2.45, 2.75) is 30.0 Å². The first kappa shape index (κ1) is 15.4. The largest absolute Gasteiger partial charge is 0.395 e. The third-order valence-corrected chi connectivity index (χ3v) is 6.57. The molecular formula is C12H18N2O4S2. The van der Waals surface area contributed by atoms with Crippen molar-refractivity contribution in [1.82, 2.24) is 9.62 Å². The molecule has 0 radical (unpaired) electrons. The zero-order valence-corrected chi connectivity index (χ0v) is 12.8. The number of aliphatic hydroxyl groups excluding tert-OH is 1. The molecule has 1 saturated heterocycles. The van der Waals surface area contributed by atoms with Crippen molar-refractivity contribution < 1.29 is 18.3 Å². The summed E-state index contributed by atoms with van der Waals surface area (Å²) in [4.78, 5) is 12.9. The highest BCUT2D eigenvalue weighted by Gasteiger charge is 2.39. The highest BCUT2D eigenvalue weighted by atomic mass is 32.2. The summed E-state index contributed by atoms with van der Waals surface area (Å²) in [6.07, 6.45) is 1.18. The Morgan fingerprint density at radius 2 is 2.30 bits per heavy atom. The van der Waals surface area contributed by atoms with E-state index in [1.165, 1.54) is 15.6 Å². The fourth-order valence-corrected chi connectivity index (χ4v) is 5.32. The Bertz CT molecular complexity index is 582. The molecule has 0 bridgehead atoms. The predicted octanol–water partition coefficient (Wildman–Crippen LogP) is 0.318. The molecule has 1 amide bonds. The Morgan fingerprint density at radius 3 is 2.90 bits per heavy atom. The van der Waals surface area contributed by atoms with Gasteiger partial charge in [-0.1, -0.05) is 0 Å². The zero-order valence-electron chi connectivity index (χ0n) is 11.2. The van der Waals surface area contributed by atoms with Crippen molar-refractivity contribution >= 4 is 27.3 Å². The lowest BCUT2D eigenvalue weighted by Crippen LogP contribution is -2.46. The Kier molecular flexibility index (Phi) is 4.79. The van der Waals surface area contributed by atoms with Crippen molar-refractivity contribution in [2.75, 3.05) is 19.7 Å². The lowest BCUT2D eigenvalue weighted by atomic mass is 10.2. The number of carbonyl (C=O) groups is 1. The third kappa shape index (κ3) is 3.03. The van der Waals surface area contributed by atoms with Crippen LogP contribution in [0.25, 0.3) is 0 Å². The zero-order chi connectivity index (χ0) is 14.8. The molecule has 0 aliphatic carbocycles. The average molecular weight is 318 g/mol. The third-order valence-electron chi connectivity index (χ3n) is 3.20. The van der Waals surface area contributed by atoms with E-state index in [0.717, 1.165) is 4.88 Å². The standard InChI is InChI=1S/C12H18N2O4S2/c1-9-4-5-11(19-9)20(17,18)14-7-2-3-10(14)12(16)13-6-8-15/h4-5,10,15H,2-3,6-8H2,1H3,(H,13,16). The van der Waals surface area contributed by atoms with Gasteiger partial charge >= 0.3 is 0 Å². The maximum Gasteiger partial charge on any atom is 0.253 e. The van der Waals surface area contributed by atoms with Gasteiger partial charge in [0.15, 0.2) is 0 Å². The van der Waals surface area contributed by atoms with Gasteiger partial charge < -0.3 is 10.4 Å². The summed E-state index contributed by atoms with van der Waals surface area (Å²) >= 11 is 1.21. The van der Waals surface area contributed by atoms with Gasteiger partial charge in [0.25, 0.3) is 10.0 Å². The summed E-state index contributed by atoms with van der Waals surface area (Å²) in [5, 5.41) is 11.3. The maximum absolute atomic E-state index is 12.5. The molecule has 8 heteroatoms. The first-order chi connectivity index (χ1) is 9.46. The van der Waals surface area contributed by atoms with Gasteiger partial charge in [-0.3, -0.25) is 4.79 Å². The van der Waals surface area contributed by atoms with Crippen LogP contribution in [0, 0.1) is 6.92 Å². The Hall–Kier alpha value is -0.960. The molecule has 0 aromatic carbocycles. The van der Waals surface area contributed by atoms with Crippen LogP contribution in [0.5, 0.6) is 0 Å². The van der Waals surface area contributed by atoms with Crippen LogP contribution in [-0.2, 0) is 14.8 Å². The molecule has 6 nitrogen and oxygen atoms in total. The summed E-state index contributed by atoms with van der Waals surface area (Å²) in [6.45, 7) is 2.19. The van der Waals surface area contributed by atoms with E-state index in [-0.39, 0.29) is 23.3 Å². The molecule has 1 aliphatic rings. The average Bonchev–Trinajstić information content (AvgIpc) is 3.04. The molecule has 1 aromatic rings. The lowest BCUT2D eigenvalue weighted by Gasteiger charge is -2.22. The van der Waals surface area contributed by atoms with Crippen LogP contribution in [-0.4, -0.2) is 49.5 Å². The van der Waals surface area contributed by atoms with Crippen LogP contribution in [0.3, 0.4) is 0 Å². The number of hydrogen-bond acceptors (Lipinski definition) is 5. The minimum Gasteiger partial charge on any atom is -0.395 e. The van der Waals surface area contributed by atoms with E-state index in [9.17, 15) is 13.2 Å². The molecule has 1 aromatic heterocycles. The minimum atomic E-state index is -3.61. The van der Waals surface area contributed by atoms with Gasteiger partial charge in [0.05, 0.1) is 6.61 Å². The lowest BCUT2D eigenvalue weighted by molar-refractivity contribution is -0.124. The number of amides is 1. The van der Waals surface area contributed by atoms with Gasteiger partial charge in [-0.05, 0) is 31.9 Å². The van der Waals surface area contributed by atoms with Gasteiger partial charge in [-0.15, -0.1) is 11.3 Å². The number of aryl methyl sites for hydroxylation is 1. The van der Waals surface area contributed by atoms with Crippen LogP contribution in [0.1, 0.15) is 17.7 Å². The molecule has 20 heavy (non-hydrogen) atoms. The van der Waals surface area contributed by atoms with E-state index in [4.69, 9.17) is 5.11 Å². The molecule has 1 fully saturated rings. The summed E-state index contributed by atoms with van der Waals surface area (Å²) in [5.41, 5.74) is 0. The fraction of sp³-hybridized carbons (Fsp3) is 0.583. The van der Waals surface area contributed by atoms with Gasteiger partial charge in [-0.2, -0.15) is 4.31 Å². The van der Waals surface area contributed by atoms with E-state index in [1.54, 1.807) is 12.1 Å². The predicted molar refractivity (Wildman–Crippen MR) is 76.1 cm³/mol. The fourth-order valence-electron chi connectivity index (χ4n) is 2.25. The number of sulfonamides is 1. The molecule has 1 unspecified atom stereocenters. The van der Waals surface area contributed by atoms with Crippen molar-refractivity contribution in [3.63, 3.8) is 0 Å². The second kappa shape index (κ2) is 6.21. The summed E-state index contributed by atoms with van der Waals surface area (Å²) in [5.74, 6) is -0.339. The van der Waals surface area contributed by atoms with E-state index < -0.39 is 16.1 Å². The first-order valence-electron chi connectivity index (χ1n) is 6.43. The number of nitrogens with one attached hydrogen (secondary N) is 1. The molecule has 112 valence electrons. The number of aliphatic hydroxyl groups is 1. The van der Waals surface area contributed by atoms with E-state index in [0.29, 0.717) is 19.4 Å². The van der Waals surface area contributed by atoms with Crippen molar-refractivity contribution in [2.24, 2.45) is 0 Å². The topological polar surface area (TPSA) is 86.7 Å². The summed E-state index contributed by atoms with van der Waals surface area (Å²) < 4.78 is 26.6. The highest BCUT2D eigenvalue weighted by molar-refractivity contribution is 7.91. The van der Waals surface area contributed by atoms with Crippen molar-refractivity contribution in [3.05, 3.63) is 17.0 Å². The Morgan fingerprint density at radius 1 is 1.55 bits per heavy atom. The van der Waals surface area contributed by atoms with Crippen molar-refractivity contribution in [3.8, 4) is 0 Å². The van der Waals surface area contributed by atoms with Gasteiger partial charge in [0.1, 0.15) is 10.3 Å². The Balaban J connectivity index is 2.20. The van der Waals surface area contributed by atoms with Crippen molar-refractivity contribution in [1.29, 1.82) is 0 Å². The second-order valence-electron chi connectivity index (χ2n) is 4.65. The molecule has 1 aliphatic heterocycles. The molecule has 0 saturated carbocycles. The normalized spacial score (nSPS) is 20.2. The SMILES string of the molecule is Cc1ccc(S(=O)(=O)N2CCCC2C(=O)NCCO)s1. The van der Waals surface area contributed by atoms with Crippen LogP contribution < -0.4 is 5.32 Å². The Labute approximate surface area is 122 Å². The van der Waals surface area contributed by atoms with Crippen LogP contribution in [0.4, 0.5) is 0 Å². The maximum atomic E-state index is 12.5. The van der Waals surface area contributed by atoms with E-state index >= 15 is 0 Å². The van der Waals surface area contributed by atoms with Gasteiger partial charge in [0.2, 0.25) is 5.91 Å². The number of thiophene rings is 1. The monoisotopic (exact) mass is 318 g/mol. The van der Waals surface area contributed by atoms with Crippen LogP contribution >= 0.6 is 11.3 Å². The molecule has 0 spiro atoms. The van der Waals surface area contributed by atoms with E-state index in [1.807, 2.05) is 6.92 Å². The quantitative estimate of drug-likeness (QED) is 0.818. The van der Waals surface area contributed by atoms with Crippen LogP contribution in [0.2, 0.25) is 0 Å². The number of hydrogen-bond donors (Lipinski definition) is 2. The van der Waals surface area contributed by atoms with E-state index in [2.05, 4.69) is 5.32 Å². The minimum absolute atomic E-state index is 0.140. The van der Waals surface area contributed by atoms with Gasteiger partial charge in [-0.25, -0.2) is 8.42 Å². The van der Waals surface area contributed by atoms with Gasteiger partial charge in [0, 0.05) is 18.0 Å². The molecule has 2 N–H and O–H groups in total. The summed E-state index contributed by atoms with van der Waals surface area (Å²) in [7, 11) is -3.61. The number of rotatable bonds is 5. The highest BCUT2D eigenvalue weighted by Crippen LogP contribution is 2.30. The summed E-state index contributed by atoms with van der Waals surface area (Å²) in [6, 6.07) is 2.67.